The molecule has 140 valence electrons. The zero-order valence-corrected chi connectivity index (χ0v) is 15.4. The van der Waals surface area contributed by atoms with Gasteiger partial charge in [0, 0.05) is 38.2 Å². The lowest BCUT2D eigenvalue weighted by atomic mass is 9.93. The Bertz CT molecular complexity index is 721. The molecule has 0 radical (unpaired) electrons. The second kappa shape index (κ2) is 8.08. The Morgan fingerprint density at radius 3 is 2.73 bits per heavy atom. The van der Waals surface area contributed by atoms with Crippen LogP contribution < -0.4 is 4.90 Å². The number of carbonyl (C=O) groups is 3. The van der Waals surface area contributed by atoms with Crippen molar-refractivity contribution in [2.75, 3.05) is 24.5 Å². The maximum atomic E-state index is 13.0. The van der Waals surface area contributed by atoms with E-state index in [0.29, 0.717) is 48.7 Å². The van der Waals surface area contributed by atoms with E-state index in [1.54, 1.807) is 28.0 Å². The Balaban J connectivity index is 1.74. The summed E-state index contributed by atoms with van der Waals surface area (Å²) < 4.78 is 0. The SMILES string of the molecule is O=C(O)CCC1CCCN(C(=O)c2cc(N3CCCC3=O)ccc2Cl)C1. The van der Waals surface area contributed by atoms with E-state index < -0.39 is 5.97 Å². The van der Waals surface area contributed by atoms with Crippen molar-refractivity contribution in [3.8, 4) is 0 Å². The Labute approximate surface area is 157 Å². The average molecular weight is 379 g/mol. The molecule has 1 atom stereocenters. The van der Waals surface area contributed by atoms with Crippen LogP contribution in [-0.4, -0.2) is 47.4 Å². The van der Waals surface area contributed by atoms with Gasteiger partial charge in [-0.15, -0.1) is 0 Å². The van der Waals surface area contributed by atoms with E-state index in [2.05, 4.69) is 0 Å². The number of rotatable bonds is 5. The first-order chi connectivity index (χ1) is 12.5. The van der Waals surface area contributed by atoms with Crippen molar-refractivity contribution in [1.82, 2.24) is 4.90 Å². The molecule has 0 bridgehead atoms. The molecule has 6 nitrogen and oxygen atoms in total. The van der Waals surface area contributed by atoms with Crippen LogP contribution in [0.3, 0.4) is 0 Å². The minimum Gasteiger partial charge on any atom is -0.481 e. The number of carbonyl (C=O) groups excluding carboxylic acids is 2. The number of aliphatic carboxylic acids is 1. The Morgan fingerprint density at radius 1 is 1.23 bits per heavy atom. The predicted molar refractivity (Wildman–Crippen MR) is 98.5 cm³/mol. The first-order valence-corrected chi connectivity index (χ1v) is 9.44. The number of amides is 2. The van der Waals surface area contributed by atoms with Gasteiger partial charge in [-0.05, 0) is 49.8 Å². The first-order valence-electron chi connectivity index (χ1n) is 9.06. The molecular formula is C19H23ClN2O4. The van der Waals surface area contributed by atoms with Crippen LogP contribution in [0.5, 0.6) is 0 Å². The van der Waals surface area contributed by atoms with Crippen molar-refractivity contribution in [3.05, 3.63) is 28.8 Å². The van der Waals surface area contributed by atoms with Crippen molar-refractivity contribution >= 4 is 35.1 Å². The van der Waals surface area contributed by atoms with Crippen LogP contribution in [0.4, 0.5) is 5.69 Å². The van der Waals surface area contributed by atoms with Crippen molar-refractivity contribution in [2.24, 2.45) is 5.92 Å². The van der Waals surface area contributed by atoms with Gasteiger partial charge in [-0.25, -0.2) is 0 Å². The molecule has 1 aromatic rings. The van der Waals surface area contributed by atoms with Gasteiger partial charge in [0.2, 0.25) is 5.91 Å². The summed E-state index contributed by atoms with van der Waals surface area (Å²) >= 11 is 6.26. The number of halogens is 1. The number of benzene rings is 1. The number of hydrogen-bond donors (Lipinski definition) is 1. The lowest BCUT2D eigenvalue weighted by molar-refractivity contribution is -0.137. The summed E-state index contributed by atoms with van der Waals surface area (Å²) in [5.41, 5.74) is 1.11. The second-order valence-corrected chi connectivity index (χ2v) is 7.41. The van der Waals surface area contributed by atoms with Gasteiger partial charge in [0.25, 0.3) is 5.91 Å². The molecule has 0 aromatic heterocycles. The zero-order valence-electron chi connectivity index (χ0n) is 14.6. The molecule has 1 aromatic carbocycles. The summed E-state index contributed by atoms with van der Waals surface area (Å²) in [6.07, 6.45) is 3.85. The molecule has 2 heterocycles. The van der Waals surface area contributed by atoms with E-state index in [0.717, 1.165) is 19.3 Å². The molecule has 0 aliphatic carbocycles. The third-order valence-corrected chi connectivity index (χ3v) is 5.47. The number of carboxylic acids is 1. The molecule has 1 N–H and O–H groups in total. The van der Waals surface area contributed by atoms with Crippen LogP contribution in [0.2, 0.25) is 5.02 Å². The van der Waals surface area contributed by atoms with Crippen molar-refractivity contribution < 1.29 is 19.5 Å². The van der Waals surface area contributed by atoms with E-state index in [-0.39, 0.29) is 24.2 Å². The van der Waals surface area contributed by atoms with Gasteiger partial charge in [0.15, 0.2) is 0 Å². The van der Waals surface area contributed by atoms with Crippen LogP contribution in [0.25, 0.3) is 0 Å². The highest BCUT2D eigenvalue weighted by molar-refractivity contribution is 6.34. The predicted octanol–water partition coefficient (Wildman–Crippen LogP) is 3.18. The highest BCUT2D eigenvalue weighted by atomic mass is 35.5. The lowest BCUT2D eigenvalue weighted by Gasteiger charge is -2.33. The third-order valence-electron chi connectivity index (χ3n) is 5.14. The minimum absolute atomic E-state index is 0.0671. The maximum Gasteiger partial charge on any atom is 0.303 e. The Hall–Kier alpha value is -2.08. The smallest absolute Gasteiger partial charge is 0.303 e. The summed E-state index contributed by atoms with van der Waals surface area (Å²) in [7, 11) is 0. The van der Waals surface area contributed by atoms with Crippen molar-refractivity contribution in [1.29, 1.82) is 0 Å². The third kappa shape index (κ3) is 4.18. The minimum atomic E-state index is -0.806. The molecular weight excluding hydrogens is 356 g/mol. The van der Waals surface area contributed by atoms with Crippen LogP contribution in [0.1, 0.15) is 48.9 Å². The van der Waals surface area contributed by atoms with Gasteiger partial charge in [0.1, 0.15) is 0 Å². The average Bonchev–Trinajstić information content (AvgIpc) is 3.06. The van der Waals surface area contributed by atoms with E-state index in [4.69, 9.17) is 16.7 Å². The fraction of sp³-hybridized carbons (Fsp3) is 0.526. The fourth-order valence-electron chi connectivity index (χ4n) is 3.75. The van der Waals surface area contributed by atoms with Gasteiger partial charge in [-0.1, -0.05) is 11.6 Å². The fourth-order valence-corrected chi connectivity index (χ4v) is 3.95. The lowest BCUT2D eigenvalue weighted by Crippen LogP contribution is -2.40. The summed E-state index contributed by atoms with van der Waals surface area (Å²) in [5.74, 6) is -0.689. The molecule has 26 heavy (non-hydrogen) atoms. The van der Waals surface area contributed by atoms with Gasteiger partial charge < -0.3 is 14.9 Å². The van der Waals surface area contributed by atoms with E-state index in [1.807, 2.05) is 0 Å². The van der Waals surface area contributed by atoms with Gasteiger partial charge in [-0.2, -0.15) is 0 Å². The number of anilines is 1. The highest BCUT2D eigenvalue weighted by Crippen LogP contribution is 2.29. The molecule has 2 aliphatic rings. The van der Waals surface area contributed by atoms with E-state index in [1.165, 1.54) is 0 Å². The molecule has 0 spiro atoms. The van der Waals surface area contributed by atoms with Gasteiger partial charge >= 0.3 is 5.97 Å². The number of likely N-dealkylation sites (tertiary alicyclic amines) is 1. The first kappa shape index (κ1) is 18.7. The van der Waals surface area contributed by atoms with E-state index in [9.17, 15) is 14.4 Å². The van der Waals surface area contributed by atoms with Crippen molar-refractivity contribution in [3.63, 3.8) is 0 Å². The quantitative estimate of drug-likeness (QED) is 0.853. The van der Waals surface area contributed by atoms with Crippen LogP contribution >= 0.6 is 11.6 Å². The molecule has 7 heteroatoms. The normalized spacial score (nSPS) is 20.5. The highest BCUT2D eigenvalue weighted by Gasteiger charge is 2.28. The van der Waals surface area contributed by atoms with Crippen LogP contribution in [0, 0.1) is 5.92 Å². The topological polar surface area (TPSA) is 77.9 Å². The number of hydrogen-bond acceptors (Lipinski definition) is 3. The van der Waals surface area contributed by atoms with Gasteiger partial charge in [-0.3, -0.25) is 14.4 Å². The molecule has 2 fully saturated rings. The summed E-state index contributed by atoms with van der Waals surface area (Å²) in [5, 5.41) is 9.23. The monoisotopic (exact) mass is 378 g/mol. The second-order valence-electron chi connectivity index (χ2n) is 7.00. The molecule has 2 aliphatic heterocycles. The van der Waals surface area contributed by atoms with Crippen LogP contribution in [0.15, 0.2) is 18.2 Å². The summed E-state index contributed by atoms with van der Waals surface area (Å²) in [6, 6.07) is 5.14. The van der Waals surface area contributed by atoms with Gasteiger partial charge in [0.05, 0.1) is 10.6 Å². The summed E-state index contributed by atoms with van der Waals surface area (Å²) in [4.78, 5) is 39.2. The molecule has 2 amide bonds. The Kier molecular flexibility index (Phi) is 5.81. The standard InChI is InChI=1S/C19H23ClN2O4/c20-16-7-6-14(22-10-2-4-17(22)23)11-15(16)19(26)21-9-1-3-13(12-21)5-8-18(24)25/h6-7,11,13H,1-5,8-10,12H2,(H,24,25). The number of nitrogens with zero attached hydrogens (tertiary/aromatic N) is 2. The molecule has 0 saturated carbocycles. The van der Waals surface area contributed by atoms with E-state index >= 15 is 0 Å². The molecule has 3 rings (SSSR count). The summed E-state index contributed by atoms with van der Waals surface area (Å²) in [6.45, 7) is 1.86. The van der Waals surface area contributed by atoms with Crippen LogP contribution in [-0.2, 0) is 9.59 Å². The zero-order chi connectivity index (χ0) is 18.7. The molecule has 2 saturated heterocycles. The maximum absolute atomic E-state index is 13.0. The number of piperidine rings is 1. The molecule has 1 unspecified atom stereocenters. The Morgan fingerprint density at radius 2 is 2.04 bits per heavy atom. The van der Waals surface area contributed by atoms with Crippen molar-refractivity contribution in [2.45, 2.75) is 38.5 Å². The largest absolute Gasteiger partial charge is 0.481 e. The number of carboxylic acid groups (broad SMARTS) is 1.